The van der Waals surface area contributed by atoms with Crippen LogP contribution in [0.2, 0.25) is 5.02 Å². The lowest BCUT2D eigenvalue weighted by Gasteiger charge is -2.35. The van der Waals surface area contributed by atoms with Crippen molar-refractivity contribution in [2.75, 3.05) is 7.05 Å². The number of carbonyl (C=O) groups excluding carboxylic acids is 1. The highest BCUT2D eigenvalue weighted by molar-refractivity contribution is 7.99. The molecule has 26 heavy (non-hydrogen) atoms. The highest BCUT2D eigenvalue weighted by Gasteiger charge is 2.36. The zero-order valence-electron chi connectivity index (χ0n) is 14.9. The molecule has 2 bridgehead atoms. The first-order valence-corrected chi connectivity index (χ1v) is 10.0. The fourth-order valence-electron chi connectivity index (χ4n) is 3.87. The second-order valence-electron chi connectivity index (χ2n) is 7.11. The molecule has 2 aliphatic heterocycles. The van der Waals surface area contributed by atoms with Crippen LogP contribution in [0.15, 0.2) is 34.8 Å². The maximum absolute atomic E-state index is 12.9. The number of aromatic nitrogens is 3. The number of rotatable bonds is 4. The van der Waals surface area contributed by atoms with Gasteiger partial charge in [-0.05, 0) is 43.5 Å². The molecule has 4 heterocycles. The third-order valence-corrected chi connectivity index (χ3v) is 6.83. The molecule has 8 heteroatoms. The molecule has 2 atom stereocenters. The summed E-state index contributed by atoms with van der Waals surface area (Å²) in [4.78, 5) is 23.4. The standard InChI is InChI=1S/C18H22ClN5OS/c1-23-6-5-20-18(23)26-16-15(19)7-11(10-21-16)17(25)24(2)14-8-12-3-4-13(9-14)22-12/h5-7,10,12-14,22H,3-4,8-9H2,1-2H3. The van der Waals surface area contributed by atoms with E-state index in [4.69, 9.17) is 11.6 Å². The maximum atomic E-state index is 12.9. The van der Waals surface area contributed by atoms with Crippen LogP contribution in [0.4, 0.5) is 0 Å². The van der Waals surface area contributed by atoms with Gasteiger partial charge in [0.25, 0.3) is 5.91 Å². The van der Waals surface area contributed by atoms with Gasteiger partial charge in [-0.3, -0.25) is 4.79 Å². The van der Waals surface area contributed by atoms with Crippen LogP contribution in [0, 0.1) is 0 Å². The van der Waals surface area contributed by atoms with E-state index in [2.05, 4.69) is 15.3 Å². The van der Waals surface area contributed by atoms with Crippen LogP contribution in [0.5, 0.6) is 0 Å². The molecular weight excluding hydrogens is 370 g/mol. The van der Waals surface area contributed by atoms with E-state index in [0.717, 1.165) is 18.0 Å². The van der Waals surface area contributed by atoms with Gasteiger partial charge in [-0.15, -0.1) is 0 Å². The van der Waals surface area contributed by atoms with Gasteiger partial charge in [0.15, 0.2) is 5.16 Å². The first-order chi connectivity index (χ1) is 12.5. The fraction of sp³-hybridized carbons (Fsp3) is 0.500. The van der Waals surface area contributed by atoms with Gasteiger partial charge in [0.1, 0.15) is 5.03 Å². The van der Waals surface area contributed by atoms with Crippen LogP contribution in [0.3, 0.4) is 0 Å². The van der Waals surface area contributed by atoms with Crippen LogP contribution in [0.1, 0.15) is 36.0 Å². The molecule has 1 amide bonds. The number of aryl methyl sites for hydroxylation is 1. The molecule has 0 spiro atoms. The molecule has 6 nitrogen and oxygen atoms in total. The van der Waals surface area contributed by atoms with E-state index in [-0.39, 0.29) is 11.9 Å². The van der Waals surface area contributed by atoms with Crippen molar-refractivity contribution < 1.29 is 4.79 Å². The second kappa shape index (κ2) is 7.21. The number of pyridine rings is 1. The van der Waals surface area contributed by atoms with Crippen molar-refractivity contribution in [1.29, 1.82) is 0 Å². The van der Waals surface area contributed by atoms with Gasteiger partial charge in [-0.1, -0.05) is 11.6 Å². The van der Waals surface area contributed by atoms with Crippen molar-refractivity contribution in [1.82, 2.24) is 24.8 Å². The fourth-order valence-corrected chi connectivity index (χ4v) is 4.90. The van der Waals surface area contributed by atoms with Gasteiger partial charge < -0.3 is 14.8 Å². The molecule has 2 aromatic heterocycles. The highest BCUT2D eigenvalue weighted by atomic mass is 35.5. The molecule has 2 aromatic rings. The summed E-state index contributed by atoms with van der Waals surface area (Å²) in [6.45, 7) is 0. The summed E-state index contributed by atoms with van der Waals surface area (Å²) in [6.07, 6.45) is 9.70. The van der Waals surface area contributed by atoms with E-state index >= 15 is 0 Å². The summed E-state index contributed by atoms with van der Waals surface area (Å²) < 4.78 is 1.90. The van der Waals surface area contributed by atoms with E-state index in [9.17, 15) is 4.79 Å². The topological polar surface area (TPSA) is 63.1 Å². The minimum atomic E-state index is -0.0146. The predicted molar refractivity (Wildman–Crippen MR) is 102 cm³/mol. The number of hydrogen-bond acceptors (Lipinski definition) is 5. The lowest BCUT2D eigenvalue weighted by molar-refractivity contribution is 0.0681. The lowest BCUT2D eigenvalue weighted by Crippen LogP contribution is -2.48. The minimum Gasteiger partial charge on any atom is -0.339 e. The summed E-state index contributed by atoms with van der Waals surface area (Å²) in [5.41, 5.74) is 0.535. The van der Waals surface area contributed by atoms with Crippen molar-refractivity contribution in [2.24, 2.45) is 7.05 Å². The molecular formula is C18H22ClN5OS. The van der Waals surface area contributed by atoms with Gasteiger partial charge in [-0.2, -0.15) is 0 Å². The number of piperidine rings is 1. The number of hydrogen-bond donors (Lipinski definition) is 1. The number of nitrogens with one attached hydrogen (secondary N) is 1. The lowest BCUT2D eigenvalue weighted by atomic mass is 9.98. The summed E-state index contributed by atoms with van der Waals surface area (Å²) in [5.74, 6) is -0.0146. The zero-order valence-corrected chi connectivity index (χ0v) is 16.4. The minimum absolute atomic E-state index is 0.0146. The van der Waals surface area contributed by atoms with E-state index in [0.29, 0.717) is 27.7 Å². The number of amides is 1. The molecule has 2 fully saturated rings. The molecule has 2 unspecified atom stereocenters. The van der Waals surface area contributed by atoms with Gasteiger partial charge in [0, 0.05) is 50.8 Å². The normalized spacial score (nSPS) is 24.7. The first kappa shape index (κ1) is 17.8. The van der Waals surface area contributed by atoms with Crippen molar-refractivity contribution in [3.8, 4) is 0 Å². The van der Waals surface area contributed by atoms with Crippen LogP contribution in [0.25, 0.3) is 0 Å². The number of nitrogens with zero attached hydrogens (tertiary/aromatic N) is 4. The molecule has 2 saturated heterocycles. The van der Waals surface area contributed by atoms with Crippen LogP contribution in [-0.4, -0.2) is 50.5 Å². The molecule has 0 aliphatic carbocycles. The Bertz CT molecular complexity index is 814. The van der Waals surface area contributed by atoms with E-state index in [1.54, 1.807) is 18.5 Å². The Hall–Kier alpha value is -1.57. The average Bonchev–Trinajstić information content (AvgIpc) is 3.19. The van der Waals surface area contributed by atoms with E-state index in [1.807, 2.05) is 29.8 Å². The molecule has 138 valence electrons. The van der Waals surface area contributed by atoms with Gasteiger partial charge >= 0.3 is 0 Å². The van der Waals surface area contributed by atoms with Gasteiger partial charge in [0.2, 0.25) is 0 Å². The maximum Gasteiger partial charge on any atom is 0.255 e. The molecule has 1 N–H and O–H groups in total. The number of carbonyl (C=O) groups is 1. The SMILES string of the molecule is CN(C(=O)c1cnc(Sc2nccn2C)c(Cl)c1)C1CC2CCC(C1)N2. The Morgan fingerprint density at radius 2 is 2.08 bits per heavy atom. The van der Waals surface area contributed by atoms with Gasteiger partial charge in [-0.25, -0.2) is 9.97 Å². The number of halogens is 1. The second-order valence-corrected chi connectivity index (χ2v) is 8.48. The Morgan fingerprint density at radius 1 is 1.35 bits per heavy atom. The monoisotopic (exact) mass is 391 g/mol. The molecule has 0 radical (unpaired) electrons. The van der Waals surface area contributed by atoms with E-state index < -0.39 is 0 Å². The zero-order chi connectivity index (χ0) is 18.3. The summed E-state index contributed by atoms with van der Waals surface area (Å²) in [7, 11) is 3.81. The Balaban J connectivity index is 1.48. The largest absolute Gasteiger partial charge is 0.339 e. The average molecular weight is 392 g/mol. The van der Waals surface area contributed by atoms with Crippen molar-refractivity contribution in [3.05, 3.63) is 35.2 Å². The first-order valence-electron chi connectivity index (χ1n) is 8.85. The smallest absolute Gasteiger partial charge is 0.255 e. The third kappa shape index (κ3) is 3.48. The third-order valence-electron chi connectivity index (χ3n) is 5.34. The quantitative estimate of drug-likeness (QED) is 0.868. The Morgan fingerprint density at radius 3 is 2.69 bits per heavy atom. The van der Waals surface area contributed by atoms with Crippen LogP contribution >= 0.6 is 23.4 Å². The van der Waals surface area contributed by atoms with Crippen molar-refractivity contribution in [3.63, 3.8) is 0 Å². The predicted octanol–water partition coefficient (Wildman–Crippen LogP) is 2.97. The highest BCUT2D eigenvalue weighted by Crippen LogP contribution is 2.32. The number of fused-ring (bicyclic) bond motifs is 2. The van der Waals surface area contributed by atoms with E-state index in [1.165, 1.54) is 24.6 Å². The number of imidazole rings is 1. The molecule has 2 aliphatic rings. The van der Waals surface area contributed by atoms with Crippen LogP contribution in [-0.2, 0) is 7.05 Å². The van der Waals surface area contributed by atoms with Crippen molar-refractivity contribution >= 4 is 29.3 Å². The molecule has 0 saturated carbocycles. The summed E-state index contributed by atoms with van der Waals surface area (Å²) >= 11 is 7.78. The van der Waals surface area contributed by atoms with Gasteiger partial charge in [0.05, 0.1) is 10.6 Å². The Kier molecular flexibility index (Phi) is 4.94. The van der Waals surface area contributed by atoms with Crippen LogP contribution < -0.4 is 5.32 Å². The molecule has 4 rings (SSSR count). The van der Waals surface area contributed by atoms with Crippen molar-refractivity contribution in [2.45, 2.75) is 54.0 Å². The molecule has 0 aromatic carbocycles. The Labute approximate surface area is 162 Å². The summed E-state index contributed by atoms with van der Waals surface area (Å²) in [5, 5.41) is 5.55. The summed E-state index contributed by atoms with van der Waals surface area (Å²) in [6, 6.07) is 3.09.